The Hall–Kier alpha value is -3.05. The number of halogens is 5. The molecule has 1 aliphatic rings. The first-order chi connectivity index (χ1) is 14.3. The third-order valence-electron chi connectivity index (χ3n) is 4.74. The maximum Gasteiger partial charge on any atom is 0.437 e. The Kier molecular flexibility index (Phi) is 5.39. The van der Waals surface area contributed by atoms with E-state index in [1.54, 1.807) is 0 Å². The predicted octanol–water partition coefficient (Wildman–Crippen LogP) is 3.55. The summed E-state index contributed by atoms with van der Waals surface area (Å²) in [6, 6.07) is 2.65. The van der Waals surface area contributed by atoms with E-state index in [-0.39, 0.29) is 11.4 Å². The molecule has 3 aromatic rings. The average Bonchev–Trinajstić information content (AvgIpc) is 3.10. The molecule has 0 saturated carbocycles. The van der Waals surface area contributed by atoms with Crippen molar-refractivity contribution in [1.82, 2.24) is 24.7 Å². The molecule has 0 spiro atoms. The topological polar surface area (TPSA) is 69.0 Å². The van der Waals surface area contributed by atoms with E-state index in [0.29, 0.717) is 37.3 Å². The van der Waals surface area contributed by atoms with Gasteiger partial charge in [-0.05, 0) is 12.1 Å². The van der Waals surface area contributed by atoms with Crippen molar-refractivity contribution in [3.63, 3.8) is 0 Å². The van der Waals surface area contributed by atoms with E-state index in [1.165, 1.54) is 24.5 Å². The summed E-state index contributed by atoms with van der Waals surface area (Å²) in [5.74, 6) is 0.204. The van der Waals surface area contributed by atoms with Gasteiger partial charge < -0.3 is 9.64 Å². The Bertz CT molecular complexity index is 1020. The van der Waals surface area contributed by atoms with Crippen LogP contribution in [0, 0.1) is 0 Å². The second kappa shape index (κ2) is 8.00. The summed E-state index contributed by atoms with van der Waals surface area (Å²) < 4.78 is 71.3. The molecule has 0 amide bonds. The van der Waals surface area contributed by atoms with Gasteiger partial charge >= 0.3 is 6.18 Å². The lowest BCUT2D eigenvalue weighted by Gasteiger charge is -2.33. The zero-order valence-electron chi connectivity index (χ0n) is 15.6. The molecule has 1 saturated heterocycles. The number of ether oxygens (including phenoxy) is 1. The van der Waals surface area contributed by atoms with Crippen LogP contribution in [-0.4, -0.2) is 50.4 Å². The monoisotopic (exact) mass is 428 g/mol. The van der Waals surface area contributed by atoms with Gasteiger partial charge in [-0.3, -0.25) is 0 Å². The summed E-state index contributed by atoms with van der Waals surface area (Å²) in [5.41, 5.74) is -0.374. The number of aromatic nitrogens is 5. The smallest absolute Gasteiger partial charge is 0.437 e. The molecule has 0 bridgehead atoms. The van der Waals surface area contributed by atoms with Gasteiger partial charge in [0.05, 0.1) is 12.4 Å². The maximum atomic E-state index is 13.1. The Morgan fingerprint density at radius 2 is 1.90 bits per heavy atom. The van der Waals surface area contributed by atoms with Crippen LogP contribution >= 0.6 is 0 Å². The number of nitrogens with zero attached hydrogens (tertiary/aromatic N) is 6. The van der Waals surface area contributed by atoms with E-state index < -0.39 is 30.9 Å². The second-order valence-corrected chi connectivity index (χ2v) is 6.81. The van der Waals surface area contributed by atoms with Gasteiger partial charge in [-0.25, -0.2) is 28.4 Å². The fourth-order valence-electron chi connectivity index (χ4n) is 3.34. The Morgan fingerprint density at radius 1 is 1.13 bits per heavy atom. The second-order valence-electron chi connectivity index (χ2n) is 6.81. The zero-order valence-corrected chi connectivity index (χ0v) is 15.6. The van der Waals surface area contributed by atoms with E-state index >= 15 is 0 Å². The quantitative estimate of drug-likeness (QED) is 0.579. The van der Waals surface area contributed by atoms with Gasteiger partial charge in [0.15, 0.2) is 17.1 Å². The fourth-order valence-corrected chi connectivity index (χ4v) is 3.34. The number of pyridine rings is 1. The van der Waals surface area contributed by atoms with Crippen LogP contribution in [0.2, 0.25) is 0 Å². The molecule has 4 rings (SSSR count). The van der Waals surface area contributed by atoms with E-state index in [0.717, 1.165) is 10.9 Å². The van der Waals surface area contributed by atoms with E-state index in [9.17, 15) is 22.0 Å². The molecule has 7 nitrogen and oxygen atoms in total. The van der Waals surface area contributed by atoms with Crippen LogP contribution in [0.15, 0.2) is 30.7 Å². The zero-order chi connectivity index (χ0) is 21.3. The number of alkyl halides is 5. The molecule has 4 heterocycles. The maximum absolute atomic E-state index is 13.1. The summed E-state index contributed by atoms with van der Waals surface area (Å²) in [6.45, 7) is 0.356. The van der Waals surface area contributed by atoms with Gasteiger partial charge in [0, 0.05) is 32.1 Å². The van der Waals surface area contributed by atoms with Gasteiger partial charge in [0.2, 0.25) is 0 Å². The number of anilines is 1. The summed E-state index contributed by atoms with van der Waals surface area (Å²) in [4.78, 5) is 13.9. The van der Waals surface area contributed by atoms with Crippen molar-refractivity contribution >= 4 is 17.0 Å². The summed E-state index contributed by atoms with van der Waals surface area (Å²) in [7, 11) is 0. The number of rotatable bonds is 5. The summed E-state index contributed by atoms with van der Waals surface area (Å²) in [6.07, 6.45) is -2.67. The lowest BCUT2D eigenvalue weighted by atomic mass is 10.1. The molecule has 0 radical (unpaired) electrons. The van der Waals surface area contributed by atoms with Gasteiger partial charge in [0.1, 0.15) is 24.0 Å². The molecule has 3 aromatic heterocycles. The molecule has 0 atom stereocenters. The van der Waals surface area contributed by atoms with Crippen molar-refractivity contribution in [2.24, 2.45) is 0 Å². The molecular weight excluding hydrogens is 411 g/mol. The Morgan fingerprint density at radius 3 is 2.60 bits per heavy atom. The van der Waals surface area contributed by atoms with Crippen molar-refractivity contribution < 1.29 is 26.7 Å². The van der Waals surface area contributed by atoms with Crippen molar-refractivity contribution in [3.8, 4) is 5.75 Å². The van der Waals surface area contributed by atoms with Crippen LogP contribution in [0.1, 0.15) is 18.5 Å². The molecule has 1 aliphatic heterocycles. The summed E-state index contributed by atoms with van der Waals surface area (Å²) in [5, 5.41) is 3.88. The number of hydrogen-bond donors (Lipinski definition) is 0. The average molecular weight is 428 g/mol. The molecule has 0 aromatic carbocycles. The molecule has 0 unspecified atom stereocenters. The van der Waals surface area contributed by atoms with E-state index in [2.05, 4.69) is 20.1 Å². The van der Waals surface area contributed by atoms with E-state index in [1.807, 2.05) is 4.90 Å². The highest BCUT2D eigenvalue weighted by molar-refractivity contribution is 5.71. The lowest BCUT2D eigenvalue weighted by Crippen LogP contribution is -2.39. The minimum absolute atomic E-state index is 0.261. The van der Waals surface area contributed by atoms with E-state index in [4.69, 9.17) is 4.74 Å². The minimum Gasteiger partial charge on any atom is -0.488 e. The minimum atomic E-state index is -4.59. The SMILES string of the molecule is FC(F)Cn1ncc2ncc(N3CCC(Oc4cccnc4C(F)(F)F)CC3)nc21. The standard InChI is InChI=1S/C18H17F5N6O/c19-14(20)10-29-17-12(8-26-29)25-9-15(27-17)28-6-3-11(4-7-28)30-13-2-1-5-24-16(13)18(21,22)23/h1-2,5,8-9,11,14H,3-4,6-7,10H2. The van der Waals surface area contributed by atoms with Crippen LogP contribution in [0.3, 0.4) is 0 Å². The molecule has 0 aliphatic carbocycles. The van der Waals surface area contributed by atoms with Gasteiger partial charge in [0.25, 0.3) is 6.43 Å². The highest BCUT2D eigenvalue weighted by Gasteiger charge is 2.37. The van der Waals surface area contributed by atoms with Crippen molar-refractivity contribution in [3.05, 3.63) is 36.4 Å². The highest BCUT2D eigenvalue weighted by atomic mass is 19.4. The molecule has 0 N–H and O–H groups in total. The molecule has 1 fully saturated rings. The van der Waals surface area contributed by atoms with Crippen LogP contribution in [0.5, 0.6) is 5.75 Å². The number of hydrogen-bond acceptors (Lipinski definition) is 6. The largest absolute Gasteiger partial charge is 0.488 e. The van der Waals surface area contributed by atoms with Crippen LogP contribution in [0.4, 0.5) is 27.8 Å². The summed E-state index contributed by atoms with van der Waals surface area (Å²) >= 11 is 0. The van der Waals surface area contributed by atoms with Crippen LogP contribution in [0.25, 0.3) is 11.2 Å². The van der Waals surface area contributed by atoms with Crippen molar-refractivity contribution in [2.45, 2.75) is 38.1 Å². The van der Waals surface area contributed by atoms with Crippen LogP contribution < -0.4 is 9.64 Å². The van der Waals surface area contributed by atoms with Crippen molar-refractivity contribution in [1.29, 1.82) is 0 Å². The van der Waals surface area contributed by atoms with Gasteiger partial charge in [-0.15, -0.1) is 0 Å². The number of fused-ring (bicyclic) bond motifs is 1. The normalized spacial score (nSPS) is 15.9. The van der Waals surface area contributed by atoms with Gasteiger partial charge in [-0.2, -0.15) is 18.3 Å². The Balaban J connectivity index is 1.44. The van der Waals surface area contributed by atoms with Crippen molar-refractivity contribution in [2.75, 3.05) is 18.0 Å². The van der Waals surface area contributed by atoms with Gasteiger partial charge in [-0.1, -0.05) is 0 Å². The lowest BCUT2D eigenvalue weighted by molar-refractivity contribution is -0.143. The third-order valence-corrected chi connectivity index (χ3v) is 4.74. The first kappa shape index (κ1) is 20.2. The fraction of sp³-hybridized carbons (Fsp3) is 0.444. The first-order valence-corrected chi connectivity index (χ1v) is 9.22. The molecule has 30 heavy (non-hydrogen) atoms. The molecular formula is C18H17F5N6O. The predicted molar refractivity (Wildman–Crippen MR) is 96.4 cm³/mol. The first-order valence-electron chi connectivity index (χ1n) is 9.22. The third kappa shape index (κ3) is 4.26. The molecule has 160 valence electrons. The Labute approximate surface area is 167 Å². The molecule has 12 heteroatoms. The number of piperidine rings is 1. The van der Waals surface area contributed by atoms with Crippen LogP contribution in [-0.2, 0) is 12.7 Å². The highest BCUT2D eigenvalue weighted by Crippen LogP contribution is 2.35.